The van der Waals surface area contributed by atoms with Gasteiger partial charge in [-0.05, 0) is 27.8 Å². The normalized spacial score (nSPS) is 30.8. The van der Waals surface area contributed by atoms with Crippen LogP contribution in [0.1, 0.15) is 11.7 Å². The average molecular weight is 295 g/mol. The highest BCUT2D eigenvalue weighted by molar-refractivity contribution is 9.10. The molecule has 2 fully saturated rings. The van der Waals surface area contributed by atoms with Crippen molar-refractivity contribution >= 4 is 27.3 Å². The lowest BCUT2D eigenvalue weighted by Crippen LogP contribution is -2.02. The molecule has 0 bridgehead atoms. The zero-order valence-electron chi connectivity index (χ0n) is 9.01. The summed E-state index contributed by atoms with van der Waals surface area (Å²) in [5.74, 6) is 3.40. The molecule has 3 atom stereocenters. The van der Waals surface area contributed by atoms with Gasteiger partial charge in [-0.1, -0.05) is 0 Å². The first-order chi connectivity index (χ1) is 8.27. The molecule has 0 aromatic carbocycles. The van der Waals surface area contributed by atoms with Crippen LogP contribution in [-0.2, 0) is 4.74 Å². The number of fused-ring (bicyclic) bond motifs is 2. The van der Waals surface area contributed by atoms with Crippen molar-refractivity contribution in [3.8, 4) is 0 Å². The van der Waals surface area contributed by atoms with Crippen LogP contribution in [0, 0.1) is 11.8 Å². The van der Waals surface area contributed by atoms with Gasteiger partial charge >= 0.3 is 0 Å². The van der Waals surface area contributed by atoms with E-state index in [0.717, 1.165) is 29.2 Å². The predicted molar refractivity (Wildman–Crippen MR) is 65.6 cm³/mol. The summed E-state index contributed by atoms with van der Waals surface area (Å²) in [7, 11) is 0. The minimum Gasteiger partial charge on any atom is -0.382 e. The van der Waals surface area contributed by atoms with Gasteiger partial charge in [-0.25, -0.2) is 9.97 Å². The van der Waals surface area contributed by atoms with E-state index in [1.54, 1.807) is 6.20 Å². The van der Waals surface area contributed by atoms with Gasteiger partial charge < -0.3 is 10.5 Å². The first-order valence-corrected chi connectivity index (χ1v) is 6.42. The molecule has 6 heteroatoms. The molecule has 0 amide bonds. The van der Waals surface area contributed by atoms with E-state index in [-0.39, 0.29) is 0 Å². The lowest BCUT2D eigenvalue weighted by atomic mass is 10.3. The molecule has 5 nitrogen and oxygen atoms in total. The standard InChI is InChI=1S/C11H11BrN4O/c12-9-8-10(13)14-1-2-16(8)11(15-9)7-5-3-17-4-6(5)7/h1-2,5-7H,3-4H2,(H2,13,14)/t5-,6+,7+. The maximum Gasteiger partial charge on any atom is 0.150 e. The Morgan fingerprint density at radius 1 is 1.41 bits per heavy atom. The first-order valence-electron chi connectivity index (χ1n) is 5.63. The molecule has 0 spiro atoms. The molecule has 2 aromatic heterocycles. The number of imidazole rings is 1. The van der Waals surface area contributed by atoms with Gasteiger partial charge in [0.2, 0.25) is 0 Å². The second kappa shape index (κ2) is 3.20. The number of aromatic nitrogens is 3. The molecule has 1 saturated heterocycles. The second-order valence-corrected chi connectivity index (χ2v) is 5.43. The fraction of sp³-hybridized carbons (Fsp3) is 0.455. The SMILES string of the molecule is Nc1nccn2c([C@H]3[C@@H]4COC[C@@H]43)nc(Br)c12. The quantitative estimate of drug-likeness (QED) is 0.864. The summed E-state index contributed by atoms with van der Waals surface area (Å²) < 4.78 is 8.25. The highest BCUT2D eigenvalue weighted by Crippen LogP contribution is 2.57. The number of ether oxygens (including phenoxy) is 1. The number of nitrogens with zero attached hydrogens (tertiary/aromatic N) is 3. The molecular weight excluding hydrogens is 284 g/mol. The van der Waals surface area contributed by atoms with Gasteiger partial charge in [-0.3, -0.25) is 4.40 Å². The van der Waals surface area contributed by atoms with Gasteiger partial charge in [0, 0.05) is 18.3 Å². The summed E-state index contributed by atoms with van der Waals surface area (Å²) in [5, 5.41) is 0. The molecule has 1 saturated carbocycles. The lowest BCUT2D eigenvalue weighted by molar-refractivity contribution is 0.159. The number of anilines is 1. The summed E-state index contributed by atoms with van der Waals surface area (Å²) in [6.07, 6.45) is 3.64. The van der Waals surface area contributed by atoms with Gasteiger partial charge in [0.15, 0.2) is 5.82 Å². The Bertz CT molecular complexity index is 601. The number of rotatable bonds is 1. The van der Waals surface area contributed by atoms with Crippen LogP contribution in [0.4, 0.5) is 5.82 Å². The molecule has 17 heavy (non-hydrogen) atoms. The monoisotopic (exact) mass is 294 g/mol. The van der Waals surface area contributed by atoms with E-state index in [1.807, 2.05) is 6.20 Å². The summed E-state index contributed by atoms with van der Waals surface area (Å²) >= 11 is 3.46. The molecule has 4 rings (SSSR count). The van der Waals surface area contributed by atoms with Crippen LogP contribution in [0.5, 0.6) is 0 Å². The topological polar surface area (TPSA) is 65.4 Å². The van der Waals surface area contributed by atoms with Crippen LogP contribution in [0.15, 0.2) is 17.0 Å². The van der Waals surface area contributed by atoms with Gasteiger partial charge in [-0.15, -0.1) is 0 Å². The van der Waals surface area contributed by atoms with E-state index in [2.05, 4.69) is 30.3 Å². The molecular formula is C11H11BrN4O. The van der Waals surface area contributed by atoms with E-state index >= 15 is 0 Å². The molecule has 2 N–H and O–H groups in total. The molecule has 0 unspecified atom stereocenters. The zero-order valence-corrected chi connectivity index (χ0v) is 10.6. The molecule has 1 aliphatic heterocycles. The van der Waals surface area contributed by atoms with Crippen molar-refractivity contribution in [1.29, 1.82) is 0 Å². The van der Waals surface area contributed by atoms with Crippen LogP contribution < -0.4 is 5.73 Å². The van der Waals surface area contributed by atoms with Gasteiger partial charge in [0.25, 0.3) is 0 Å². The maximum absolute atomic E-state index is 5.88. The van der Waals surface area contributed by atoms with Crippen LogP contribution in [-0.4, -0.2) is 27.6 Å². The van der Waals surface area contributed by atoms with Gasteiger partial charge in [0.1, 0.15) is 15.9 Å². The summed E-state index contributed by atoms with van der Waals surface area (Å²) in [6.45, 7) is 1.73. The van der Waals surface area contributed by atoms with Crippen molar-refractivity contribution in [2.75, 3.05) is 18.9 Å². The van der Waals surface area contributed by atoms with Crippen molar-refractivity contribution < 1.29 is 4.74 Å². The average Bonchev–Trinajstić information content (AvgIpc) is 2.71. The summed E-state index contributed by atoms with van der Waals surface area (Å²) in [5.41, 5.74) is 6.75. The zero-order chi connectivity index (χ0) is 11.6. The maximum atomic E-state index is 5.88. The molecule has 3 heterocycles. The third-order valence-corrected chi connectivity index (χ3v) is 4.37. The third kappa shape index (κ3) is 1.22. The smallest absolute Gasteiger partial charge is 0.150 e. The molecule has 2 aromatic rings. The number of nitrogens with two attached hydrogens (primary N) is 1. The Balaban J connectivity index is 1.89. The fourth-order valence-electron chi connectivity index (χ4n) is 2.90. The number of nitrogen functional groups attached to an aromatic ring is 1. The Labute approximate surface area is 106 Å². The number of halogens is 1. The van der Waals surface area contributed by atoms with Crippen LogP contribution in [0.25, 0.3) is 5.52 Å². The fourth-order valence-corrected chi connectivity index (χ4v) is 3.48. The van der Waals surface area contributed by atoms with Crippen molar-refractivity contribution in [1.82, 2.24) is 14.4 Å². The van der Waals surface area contributed by atoms with Gasteiger partial charge in [0.05, 0.1) is 13.2 Å². The third-order valence-electron chi connectivity index (χ3n) is 3.82. The van der Waals surface area contributed by atoms with Crippen molar-refractivity contribution in [2.24, 2.45) is 11.8 Å². The Hall–Kier alpha value is -1.14. The molecule has 2 aliphatic rings. The predicted octanol–water partition coefficient (Wildman–Crippen LogP) is 1.43. The Morgan fingerprint density at radius 3 is 2.94 bits per heavy atom. The number of hydrogen-bond donors (Lipinski definition) is 1. The summed E-state index contributed by atoms with van der Waals surface area (Å²) in [4.78, 5) is 8.69. The van der Waals surface area contributed by atoms with Crippen molar-refractivity contribution in [3.05, 3.63) is 22.8 Å². The molecule has 88 valence electrons. The number of hydrogen-bond acceptors (Lipinski definition) is 4. The van der Waals surface area contributed by atoms with E-state index in [4.69, 9.17) is 10.5 Å². The molecule has 1 aliphatic carbocycles. The highest BCUT2D eigenvalue weighted by atomic mass is 79.9. The first kappa shape index (κ1) is 9.85. The van der Waals surface area contributed by atoms with Crippen LogP contribution >= 0.6 is 15.9 Å². The van der Waals surface area contributed by atoms with E-state index < -0.39 is 0 Å². The second-order valence-electron chi connectivity index (χ2n) is 4.68. The van der Waals surface area contributed by atoms with Gasteiger partial charge in [-0.2, -0.15) is 0 Å². The highest BCUT2D eigenvalue weighted by Gasteiger charge is 2.56. The van der Waals surface area contributed by atoms with Crippen LogP contribution in [0.2, 0.25) is 0 Å². The minimum atomic E-state index is 0.514. The van der Waals surface area contributed by atoms with Crippen LogP contribution in [0.3, 0.4) is 0 Å². The Morgan fingerprint density at radius 2 is 2.18 bits per heavy atom. The lowest BCUT2D eigenvalue weighted by Gasteiger charge is -2.04. The van der Waals surface area contributed by atoms with Crippen molar-refractivity contribution in [3.63, 3.8) is 0 Å². The summed E-state index contributed by atoms with van der Waals surface area (Å²) in [6, 6.07) is 0. The Kier molecular flexibility index (Phi) is 1.85. The molecule has 0 radical (unpaired) electrons. The minimum absolute atomic E-state index is 0.514. The van der Waals surface area contributed by atoms with E-state index in [1.165, 1.54) is 0 Å². The van der Waals surface area contributed by atoms with E-state index in [9.17, 15) is 0 Å². The van der Waals surface area contributed by atoms with E-state index in [0.29, 0.717) is 23.6 Å². The van der Waals surface area contributed by atoms with Crippen molar-refractivity contribution in [2.45, 2.75) is 5.92 Å². The largest absolute Gasteiger partial charge is 0.382 e.